The van der Waals surface area contributed by atoms with Gasteiger partial charge in [-0.05, 0) is 24.3 Å². The summed E-state index contributed by atoms with van der Waals surface area (Å²) >= 11 is 1.70. The first-order valence-corrected chi connectivity index (χ1v) is 7.20. The molecule has 4 heteroatoms. The maximum Gasteiger partial charge on any atom is 0.231 e. The predicted octanol–water partition coefficient (Wildman–Crippen LogP) is 2.02. The van der Waals surface area contributed by atoms with Gasteiger partial charge in [0.25, 0.3) is 0 Å². The first-order valence-electron chi connectivity index (χ1n) is 6.32. The van der Waals surface area contributed by atoms with E-state index >= 15 is 0 Å². The van der Waals surface area contributed by atoms with E-state index in [1.54, 1.807) is 11.3 Å². The molecular formula is C13H20N2OS. The highest BCUT2D eigenvalue weighted by Gasteiger charge is 2.41. The number of amides is 1. The molecule has 0 aliphatic heterocycles. The Balaban J connectivity index is 2.20. The number of rotatable bonds is 4. The normalized spacial score (nSPS) is 18.9. The van der Waals surface area contributed by atoms with Crippen LogP contribution in [0.2, 0.25) is 0 Å². The zero-order valence-electron chi connectivity index (χ0n) is 10.1. The molecule has 1 aliphatic rings. The number of nitrogens with one attached hydrogen (secondary N) is 1. The molecule has 0 spiro atoms. The van der Waals surface area contributed by atoms with E-state index in [9.17, 15) is 4.79 Å². The lowest BCUT2D eigenvalue weighted by Crippen LogP contribution is -2.46. The molecule has 0 bridgehead atoms. The molecule has 0 atom stereocenters. The van der Waals surface area contributed by atoms with Gasteiger partial charge in [0.15, 0.2) is 0 Å². The minimum absolute atomic E-state index is 0.171. The summed E-state index contributed by atoms with van der Waals surface area (Å²) in [6.45, 7) is 1.08. The summed E-state index contributed by atoms with van der Waals surface area (Å²) in [5.74, 6) is 0.171. The van der Waals surface area contributed by atoms with Crippen LogP contribution in [0.15, 0.2) is 17.5 Å². The van der Waals surface area contributed by atoms with E-state index < -0.39 is 0 Å². The van der Waals surface area contributed by atoms with Crippen molar-refractivity contribution >= 4 is 17.2 Å². The van der Waals surface area contributed by atoms with E-state index in [1.807, 2.05) is 6.07 Å². The van der Waals surface area contributed by atoms with Crippen molar-refractivity contribution in [1.82, 2.24) is 5.32 Å². The monoisotopic (exact) mass is 252 g/mol. The van der Waals surface area contributed by atoms with Gasteiger partial charge >= 0.3 is 0 Å². The molecule has 1 fully saturated rings. The summed E-state index contributed by atoms with van der Waals surface area (Å²) in [6, 6.07) is 4.13. The van der Waals surface area contributed by atoms with Crippen molar-refractivity contribution in [3.05, 3.63) is 22.4 Å². The highest BCUT2D eigenvalue weighted by molar-refractivity contribution is 7.10. The molecule has 3 N–H and O–H groups in total. The second-order valence-electron chi connectivity index (χ2n) is 4.66. The molecular weight excluding hydrogens is 232 g/mol. The first kappa shape index (κ1) is 12.6. The van der Waals surface area contributed by atoms with Gasteiger partial charge in [0.2, 0.25) is 5.91 Å². The number of hydrogen-bond donors (Lipinski definition) is 2. The smallest absolute Gasteiger partial charge is 0.231 e. The molecule has 1 aromatic heterocycles. The van der Waals surface area contributed by atoms with Gasteiger partial charge in [-0.2, -0.15) is 0 Å². The van der Waals surface area contributed by atoms with E-state index in [0.29, 0.717) is 13.1 Å². The van der Waals surface area contributed by atoms with Gasteiger partial charge in [0, 0.05) is 18.0 Å². The molecule has 17 heavy (non-hydrogen) atoms. The van der Waals surface area contributed by atoms with Crippen LogP contribution in [0.25, 0.3) is 0 Å². The number of carbonyl (C=O) groups excluding carboxylic acids is 1. The average Bonchev–Trinajstić information content (AvgIpc) is 2.91. The van der Waals surface area contributed by atoms with Crippen LogP contribution in [-0.4, -0.2) is 19.0 Å². The van der Waals surface area contributed by atoms with Crippen LogP contribution in [0, 0.1) is 0 Å². The minimum atomic E-state index is -0.276. The molecule has 1 amide bonds. The van der Waals surface area contributed by atoms with Crippen molar-refractivity contribution < 1.29 is 4.79 Å². The van der Waals surface area contributed by atoms with Crippen LogP contribution >= 0.6 is 11.3 Å². The summed E-state index contributed by atoms with van der Waals surface area (Å²) in [7, 11) is 0. The molecule has 1 aliphatic carbocycles. The molecule has 1 heterocycles. The molecule has 3 nitrogen and oxygen atoms in total. The Hall–Kier alpha value is -0.870. The van der Waals surface area contributed by atoms with Gasteiger partial charge in [-0.1, -0.05) is 25.3 Å². The Morgan fingerprint density at radius 1 is 1.41 bits per heavy atom. The summed E-state index contributed by atoms with van der Waals surface area (Å²) in [5.41, 5.74) is 5.18. The minimum Gasteiger partial charge on any atom is -0.354 e. The van der Waals surface area contributed by atoms with E-state index in [0.717, 1.165) is 25.7 Å². The molecule has 0 saturated heterocycles. The lowest BCUT2D eigenvalue weighted by molar-refractivity contribution is -0.127. The number of nitrogens with two attached hydrogens (primary N) is 1. The first-order chi connectivity index (χ1) is 8.29. The molecule has 1 aromatic rings. The maximum atomic E-state index is 12.4. The van der Waals surface area contributed by atoms with Crippen molar-refractivity contribution in [2.45, 2.75) is 37.5 Å². The lowest BCUT2D eigenvalue weighted by Gasteiger charge is -2.35. The van der Waals surface area contributed by atoms with E-state index in [1.165, 1.54) is 11.3 Å². The highest BCUT2D eigenvalue weighted by Crippen LogP contribution is 2.41. The Morgan fingerprint density at radius 3 is 2.76 bits per heavy atom. The zero-order chi connectivity index (χ0) is 12.1. The van der Waals surface area contributed by atoms with Crippen LogP contribution in [0.4, 0.5) is 0 Å². The summed E-state index contributed by atoms with van der Waals surface area (Å²) in [5, 5.41) is 5.03. The fraction of sp³-hybridized carbons (Fsp3) is 0.615. The van der Waals surface area contributed by atoms with Crippen molar-refractivity contribution in [1.29, 1.82) is 0 Å². The third kappa shape index (κ3) is 2.53. The third-order valence-electron chi connectivity index (χ3n) is 3.56. The van der Waals surface area contributed by atoms with Gasteiger partial charge in [-0.3, -0.25) is 4.79 Å². The molecule has 0 unspecified atom stereocenters. The summed E-state index contributed by atoms with van der Waals surface area (Å²) in [6.07, 6.45) is 5.49. The summed E-state index contributed by atoms with van der Waals surface area (Å²) < 4.78 is 0. The number of carbonyl (C=O) groups is 1. The standard InChI is InChI=1S/C13H20N2OS/c14-8-9-15-12(16)13(6-2-1-3-7-13)11-5-4-10-17-11/h4-5,10H,1-3,6-9,14H2,(H,15,16). The molecule has 2 rings (SSSR count). The van der Waals surface area contributed by atoms with Crippen LogP contribution in [0.5, 0.6) is 0 Å². The van der Waals surface area contributed by atoms with Crippen molar-refractivity contribution in [2.75, 3.05) is 13.1 Å². The highest BCUT2D eigenvalue weighted by atomic mass is 32.1. The van der Waals surface area contributed by atoms with Gasteiger partial charge < -0.3 is 11.1 Å². The summed E-state index contributed by atoms with van der Waals surface area (Å²) in [4.78, 5) is 13.6. The lowest BCUT2D eigenvalue weighted by atomic mass is 9.72. The largest absolute Gasteiger partial charge is 0.354 e. The van der Waals surface area contributed by atoms with E-state index in [2.05, 4.69) is 16.8 Å². The second kappa shape index (κ2) is 5.65. The van der Waals surface area contributed by atoms with Crippen LogP contribution in [0.1, 0.15) is 37.0 Å². The van der Waals surface area contributed by atoms with E-state index in [-0.39, 0.29) is 11.3 Å². The van der Waals surface area contributed by atoms with Gasteiger partial charge in [0.05, 0.1) is 5.41 Å². The Kier molecular flexibility index (Phi) is 4.18. The van der Waals surface area contributed by atoms with Crippen LogP contribution < -0.4 is 11.1 Å². The fourth-order valence-corrected chi connectivity index (χ4v) is 3.63. The van der Waals surface area contributed by atoms with Crippen LogP contribution in [0.3, 0.4) is 0 Å². The second-order valence-corrected chi connectivity index (χ2v) is 5.61. The Labute approximate surface area is 106 Å². The zero-order valence-corrected chi connectivity index (χ0v) is 10.9. The Bertz CT molecular complexity index is 356. The number of thiophene rings is 1. The van der Waals surface area contributed by atoms with Gasteiger partial charge in [-0.25, -0.2) is 0 Å². The molecule has 0 radical (unpaired) electrons. The van der Waals surface area contributed by atoms with Gasteiger partial charge in [-0.15, -0.1) is 11.3 Å². The van der Waals surface area contributed by atoms with Crippen LogP contribution in [-0.2, 0) is 10.2 Å². The molecule has 94 valence electrons. The van der Waals surface area contributed by atoms with Crippen molar-refractivity contribution in [3.63, 3.8) is 0 Å². The van der Waals surface area contributed by atoms with E-state index in [4.69, 9.17) is 5.73 Å². The number of hydrogen-bond acceptors (Lipinski definition) is 3. The topological polar surface area (TPSA) is 55.1 Å². The predicted molar refractivity (Wildman–Crippen MR) is 71.1 cm³/mol. The third-order valence-corrected chi connectivity index (χ3v) is 4.64. The molecule has 0 aromatic carbocycles. The van der Waals surface area contributed by atoms with Crippen molar-refractivity contribution in [3.8, 4) is 0 Å². The van der Waals surface area contributed by atoms with Gasteiger partial charge in [0.1, 0.15) is 0 Å². The maximum absolute atomic E-state index is 12.4. The average molecular weight is 252 g/mol. The SMILES string of the molecule is NCCNC(=O)C1(c2cccs2)CCCCC1. The Morgan fingerprint density at radius 2 is 2.18 bits per heavy atom. The quantitative estimate of drug-likeness (QED) is 0.861. The molecule has 1 saturated carbocycles. The van der Waals surface area contributed by atoms with Crippen molar-refractivity contribution in [2.24, 2.45) is 5.73 Å². The fourth-order valence-electron chi connectivity index (χ4n) is 2.65.